The van der Waals surface area contributed by atoms with Gasteiger partial charge in [-0.15, -0.1) is 0 Å². The van der Waals surface area contributed by atoms with Crippen molar-refractivity contribution >= 4 is 5.69 Å². The standard InChI is InChI=1S/C14H15N3O/c15-10-7-5-9(6-8-10)13-16-12-4-2-1-3-11(12)14(18)17-13/h5-8H,1-4,15H2,(H,16,17,18). The molecule has 0 saturated heterocycles. The maximum Gasteiger partial charge on any atom is 0.254 e. The summed E-state index contributed by atoms with van der Waals surface area (Å²) in [7, 11) is 0. The predicted octanol–water partition coefficient (Wildman–Crippen LogP) is 1.90. The highest BCUT2D eigenvalue weighted by Crippen LogP contribution is 2.20. The summed E-state index contributed by atoms with van der Waals surface area (Å²) in [5.41, 5.74) is 9.08. The first-order chi connectivity index (χ1) is 8.74. The van der Waals surface area contributed by atoms with Crippen molar-refractivity contribution in [3.05, 3.63) is 45.9 Å². The lowest BCUT2D eigenvalue weighted by Crippen LogP contribution is -2.21. The van der Waals surface area contributed by atoms with Gasteiger partial charge in [0.15, 0.2) is 0 Å². The number of aryl methyl sites for hydroxylation is 1. The molecule has 0 unspecified atom stereocenters. The Labute approximate surface area is 105 Å². The zero-order valence-electron chi connectivity index (χ0n) is 10.1. The Kier molecular flexibility index (Phi) is 2.63. The molecule has 3 rings (SSSR count). The number of rotatable bonds is 1. The lowest BCUT2D eigenvalue weighted by atomic mass is 9.97. The smallest absolute Gasteiger partial charge is 0.254 e. The van der Waals surface area contributed by atoms with Gasteiger partial charge in [-0.05, 0) is 49.9 Å². The minimum Gasteiger partial charge on any atom is -0.399 e. The number of H-pyrrole nitrogens is 1. The van der Waals surface area contributed by atoms with E-state index in [0.29, 0.717) is 11.5 Å². The summed E-state index contributed by atoms with van der Waals surface area (Å²) in [6.07, 6.45) is 3.95. The van der Waals surface area contributed by atoms with Crippen LogP contribution in [0.3, 0.4) is 0 Å². The molecule has 1 aromatic heterocycles. The van der Waals surface area contributed by atoms with Crippen LogP contribution in [0.15, 0.2) is 29.1 Å². The lowest BCUT2D eigenvalue weighted by molar-refractivity contribution is 0.657. The van der Waals surface area contributed by atoms with Crippen LogP contribution in [0, 0.1) is 0 Å². The number of nitrogens with one attached hydrogen (secondary N) is 1. The molecule has 2 aromatic rings. The number of hydrogen-bond donors (Lipinski definition) is 2. The van der Waals surface area contributed by atoms with E-state index in [1.54, 1.807) is 0 Å². The average molecular weight is 241 g/mol. The molecule has 0 radical (unpaired) electrons. The maximum absolute atomic E-state index is 12.0. The van der Waals surface area contributed by atoms with E-state index in [2.05, 4.69) is 9.97 Å². The van der Waals surface area contributed by atoms with E-state index < -0.39 is 0 Å². The Bertz CT molecular complexity index is 628. The molecule has 4 heteroatoms. The molecule has 0 bridgehead atoms. The minimum atomic E-state index is 0.00604. The van der Waals surface area contributed by atoms with E-state index in [4.69, 9.17) is 5.73 Å². The Morgan fingerprint density at radius 1 is 1.11 bits per heavy atom. The van der Waals surface area contributed by atoms with Gasteiger partial charge in [-0.25, -0.2) is 4.98 Å². The third-order valence-electron chi connectivity index (χ3n) is 3.38. The van der Waals surface area contributed by atoms with Crippen molar-refractivity contribution in [3.8, 4) is 11.4 Å². The third-order valence-corrected chi connectivity index (χ3v) is 3.38. The molecular weight excluding hydrogens is 226 g/mol. The molecular formula is C14H15N3O. The van der Waals surface area contributed by atoms with E-state index in [1.807, 2.05) is 24.3 Å². The fourth-order valence-electron chi connectivity index (χ4n) is 2.38. The van der Waals surface area contributed by atoms with Crippen molar-refractivity contribution in [2.75, 3.05) is 5.73 Å². The van der Waals surface area contributed by atoms with Crippen LogP contribution in [0.5, 0.6) is 0 Å². The van der Waals surface area contributed by atoms with Crippen LogP contribution in [-0.4, -0.2) is 9.97 Å². The maximum atomic E-state index is 12.0. The second-order valence-corrected chi connectivity index (χ2v) is 4.67. The zero-order chi connectivity index (χ0) is 12.5. The highest BCUT2D eigenvalue weighted by Gasteiger charge is 2.15. The van der Waals surface area contributed by atoms with Crippen LogP contribution in [0.25, 0.3) is 11.4 Å². The monoisotopic (exact) mass is 241 g/mol. The molecule has 1 aromatic carbocycles. The summed E-state index contributed by atoms with van der Waals surface area (Å²) < 4.78 is 0. The number of hydrogen-bond acceptors (Lipinski definition) is 3. The number of benzene rings is 1. The predicted molar refractivity (Wildman–Crippen MR) is 71.3 cm³/mol. The summed E-state index contributed by atoms with van der Waals surface area (Å²) in [5.74, 6) is 0.639. The molecule has 4 nitrogen and oxygen atoms in total. The van der Waals surface area contributed by atoms with Crippen molar-refractivity contribution in [1.29, 1.82) is 0 Å². The van der Waals surface area contributed by atoms with Gasteiger partial charge in [-0.2, -0.15) is 0 Å². The molecule has 0 atom stereocenters. The third kappa shape index (κ3) is 1.90. The second kappa shape index (κ2) is 4.29. The number of nitrogen functional groups attached to an aromatic ring is 1. The van der Waals surface area contributed by atoms with Gasteiger partial charge in [0.2, 0.25) is 0 Å². The van der Waals surface area contributed by atoms with Crippen LogP contribution in [0.2, 0.25) is 0 Å². The molecule has 0 aliphatic heterocycles. The first-order valence-electron chi connectivity index (χ1n) is 6.22. The number of fused-ring (bicyclic) bond motifs is 1. The summed E-state index contributed by atoms with van der Waals surface area (Å²) in [5, 5.41) is 0. The van der Waals surface area contributed by atoms with Crippen LogP contribution in [0.4, 0.5) is 5.69 Å². The topological polar surface area (TPSA) is 71.8 Å². The van der Waals surface area contributed by atoms with Crippen molar-refractivity contribution in [3.63, 3.8) is 0 Å². The van der Waals surface area contributed by atoms with Crippen molar-refractivity contribution in [1.82, 2.24) is 9.97 Å². The Morgan fingerprint density at radius 3 is 2.61 bits per heavy atom. The summed E-state index contributed by atoms with van der Waals surface area (Å²) >= 11 is 0. The van der Waals surface area contributed by atoms with E-state index in [9.17, 15) is 4.79 Å². The van der Waals surface area contributed by atoms with E-state index in [0.717, 1.165) is 42.5 Å². The Hall–Kier alpha value is -2.10. The van der Waals surface area contributed by atoms with E-state index in [-0.39, 0.29) is 5.56 Å². The van der Waals surface area contributed by atoms with Gasteiger partial charge < -0.3 is 10.7 Å². The van der Waals surface area contributed by atoms with Crippen molar-refractivity contribution < 1.29 is 0 Å². The number of nitrogens with zero attached hydrogens (tertiary/aromatic N) is 1. The number of aromatic nitrogens is 2. The van der Waals surface area contributed by atoms with Crippen molar-refractivity contribution in [2.45, 2.75) is 25.7 Å². The van der Waals surface area contributed by atoms with E-state index >= 15 is 0 Å². The number of anilines is 1. The first kappa shape index (κ1) is 11.0. The SMILES string of the molecule is Nc1ccc(-c2nc3c(c(=O)[nH]2)CCCC3)cc1. The van der Waals surface area contributed by atoms with Crippen LogP contribution in [0.1, 0.15) is 24.1 Å². The molecule has 3 N–H and O–H groups in total. The second-order valence-electron chi connectivity index (χ2n) is 4.67. The summed E-state index contributed by atoms with van der Waals surface area (Å²) in [4.78, 5) is 19.4. The van der Waals surface area contributed by atoms with Crippen molar-refractivity contribution in [2.24, 2.45) is 0 Å². The van der Waals surface area contributed by atoms with Gasteiger partial charge in [0.25, 0.3) is 5.56 Å². The molecule has 1 heterocycles. The molecule has 18 heavy (non-hydrogen) atoms. The van der Waals surface area contributed by atoms with Gasteiger partial charge >= 0.3 is 0 Å². The Morgan fingerprint density at radius 2 is 1.83 bits per heavy atom. The van der Waals surface area contributed by atoms with Crippen LogP contribution >= 0.6 is 0 Å². The largest absolute Gasteiger partial charge is 0.399 e. The highest BCUT2D eigenvalue weighted by atomic mass is 16.1. The molecule has 0 spiro atoms. The van der Waals surface area contributed by atoms with Gasteiger partial charge in [0.05, 0.1) is 5.69 Å². The molecule has 1 aliphatic carbocycles. The molecule has 1 aliphatic rings. The number of nitrogens with two attached hydrogens (primary N) is 1. The van der Waals surface area contributed by atoms with Gasteiger partial charge in [-0.1, -0.05) is 0 Å². The van der Waals surface area contributed by atoms with Crippen LogP contribution in [-0.2, 0) is 12.8 Å². The van der Waals surface area contributed by atoms with Crippen LogP contribution < -0.4 is 11.3 Å². The summed E-state index contributed by atoms with van der Waals surface area (Å²) in [6.45, 7) is 0. The quantitative estimate of drug-likeness (QED) is 0.749. The zero-order valence-corrected chi connectivity index (χ0v) is 10.1. The fraction of sp³-hybridized carbons (Fsp3) is 0.286. The molecule has 0 fully saturated rings. The number of aromatic amines is 1. The van der Waals surface area contributed by atoms with Gasteiger partial charge in [0, 0.05) is 16.8 Å². The molecule has 0 amide bonds. The van der Waals surface area contributed by atoms with E-state index in [1.165, 1.54) is 0 Å². The normalized spacial score (nSPS) is 14.2. The minimum absolute atomic E-state index is 0.00604. The van der Waals surface area contributed by atoms with Gasteiger partial charge in [0.1, 0.15) is 5.82 Å². The average Bonchev–Trinajstić information content (AvgIpc) is 2.39. The first-order valence-corrected chi connectivity index (χ1v) is 6.22. The molecule has 0 saturated carbocycles. The van der Waals surface area contributed by atoms with Gasteiger partial charge in [-0.3, -0.25) is 4.79 Å². The summed E-state index contributed by atoms with van der Waals surface area (Å²) in [6, 6.07) is 7.38. The lowest BCUT2D eigenvalue weighted by Gasteiger charge is -2.14. The fourth-order valence-corrected chi connectivity index (χ4v) is 2.38. The Balaban J connectivity index is 2.11. The molecule has 92 valence electrons. The highest BCUT2D eigenvalue weighted by molar-refractivity contribution is 5.58.